The van der Waals surface area contributed by atoms with Gasteiger partial charge in [0.05, 0.1) is 17.9 Å². The predicted octanol–water partition coefficient (Wildman–Crippen LogP) is -0.516. The molecule has 96 valence electrons. The summed E-state index contributed by atoms with van der Waals surface area (Å²) in [5.74, 6) is 0. The Morgan fingerprint density at radius 3 is 2.76 bits per heavy atom. The van der Waals surface area contributed by atoms with E-state index in [2.05, 4.69) is 34.2 Å². The molecule has 1 saturated heterocycles. The largest absolute Gasteiger partial charge is 0.385 e. The summed E-state index contributed by atoms with van der Waals surface area (Å²) in [6.45, 7) is 2.96. The summed E-state index contributed by atoms with van der Waals surface area (Å²) in [5.41, 5.74) is 0.775. The van der Waals surface area contributed by atoms with Crippen LogP contribution in [0, 0.1) is 0 Å². The van der Waals surface area contributed by atoms with E-state index in [4.69, 9.17) is 0 Å². The molecule has 0 spiro atoms. The fraction of sp³-hybridized carbons (Fsp3) is 0.818. The average Bonchev–Trinajstić information content (AvgIpc) is 2.63. The molecule has 1 aliphatic heterocycles. The Balaban J connectivity index is 2.16. The normalized spacial score (nSPS) is 25.8. The van der Waals surface area contributed by atoms with Gasteiger partial charge in [0.25, 0.3) is 0 Å². The predicted molar refractivity (Wildman–Crippen MR) is 64.5 cm³/mol. The zero-order valence-corrected chi connectivity index (χ0v) is 10.7. The Labute approximate surface area is 102 Å². The summed E-state index contributed by atoms with van der Waals surface area (Å²) in [6.07, 6.45) is 2.24. The number of aromatic nitrogens is 3. The van der Waals surface area contributed by atoms with Crippen LogP contribution in [0.5, 0.6) is 0 Å². The van der Waals surface area contributed by atoms with Crippen LogP contribution in [0.15, 0.2) is 6.20 Å². The fourth-order valence-electron chi connectivity index (χ4n) is 2.41. The molecule has 2 heterocycles. The highest BCUT2D eigenvalue weighted by atomic mass is 16.3. The Kier molecular flexibility index (Phi) is 3.76. The van der Waals surface area contributed by atoms with Gasteiger partial charge in [-0.25, -0.2) is 4.68 Å². The highest BCUT2D eigenvalue weighted by molar-refractivity contribution is 5.03. The van der Waals surface area contributed by atoms with Crippen LogP contribution >= 0.6 is 0 Å². The van der Waals surface area contributed by atoms with Crippen molar-refractivity contribution in [1.82, 2.24) is 24.8 Å². The van der Waals surface area contributed by atoms with Crippen LogP contribution in [-0.4, -0.2) is 69.7 Å². The van der Waals surface area contributed by atoms with E-state index in [1.807, 2.05) is 7.05 Å². The van der Waals surface area contributed by atoms with Crippen molar-refractivity contribution in [3.63, 3.8) is 0 Å². The molecule has 0 saturated carbocycles. The van der Waals surface area contributed by atoms with E-state index >= 15 is 0 Å². The average molecular weight is 239 g/mol. The third-order valence-corrected chi connectivity index (χ3v) is 3.53. The maximum atomic E-state index is 10.5. The van der Waals surface area contributed by atoms with Crippen LogP contribution in [0.1, 0.15) is 18.2 Å². The van der Waals surface area contributed by atoms with Gasteiger partial charge in [-0.2, -0.15) is 0 Å². The molecule has 1 aliphatic rings. The molecule has 1 aromatic rings. The van der Waals surface area contributed by atoms with Gasteiger partial charge >= 0.3 is 0 Å². The summed E-state index contributed by atoms with van der Waals surface area (Å²) in [7, 11) is 5.98. The molecule has 0 bridgehead atoms. The van der Waals surface area contributed by atoms with Crippen molar-refractivity contribution in [3.8, 4) is 0 Å². The maximum Gasteiger partial charge on any atom is 0.114 e. The number of aliphatic hydroxyl groups excluding tert-OH is 1. The van der Waals surface area contributed by atoms with Crippen molar-refractivity contribution in [2.45, 2.75) is 18.6 Å². The molecule has 6 heteroatoms. The molecule has 0 aliphatic carbocycles. The molecule has 0 radical (unpaired) electrons. The minimum Gasteiger partial charge on any atom is -0.385 e. The number of hydrogen-bond acceptors (Lipinski definition) is 5. The Hall–Kier alpha value is -0.980. The van der Waals surface area contributed by atoms with Gasteiger partial charge in [-0.05, 0) is 33.6 Å². The lowest BCUT2D eigenvalue weighted by atomic mass is 10.1. The fourth-order valence-corrected chi connectivity index (χ4v) is 2.41. The zero-order chi connectivity index (χ0) is 12.4. The van der Waals surface area contributed by atoms with Gasteiger partial charge in [0.2, 0.25) is 0 Å². The highest BCUT2D eigenvalue weighted by Crippen LogP contribution is 2.21. The van der Waals surface area contributed by atoms with E-state index in [-0.39, 0.29) is 6.04 Å². The molecular weight excluding hydrogens is 218 g/mol. The first-order valence-corrected chi connectivity index (χ1v) is 6.01. The van der Waals surface area contributed by atoms with Crippen LogP contribution in [0.3, 0.4) is 0 Å². The maximum absolute atomic E-state index is 10.5. The summed E-state index contributed by atoms with van der Waals surface area (Å²) < 4.78 is 1.64. The molecule has 1 fully saturated rings. The third kappa shape index (κ3) is 2.65. The van der Waals surface area contributed by atoms with E-state index in [1.165, 1.54) is 0 Å². The second-order valence-electron chi connectivity index (χ2n) is 4.89. The number of nitrogens with zero attached hydrogens (tertiary/aromatic N) is 5. The molecule has 2 atom stereocenters. The number of hydrogen-bond donors (Lipinski definition) is 1. The minimum atomic E-state index is -0.541. The van der Waals surface area contributed by atoms with E-state index in [9.17, 15) is 5.11 Å². The SMILES string of the molecule is CN1CCCN(C)C(C(O)c2cnnn2C)C1. The van der Waals surface area contributed by atoms with Crippen molar-refractivity contribution >= 4 is 0 Å². The van der Waals surface area contributed by atoms with Crippen molar-refractivity contribution in [2.24, 2.45) is 7.05 Å². The van der Waals surface area contributed by atoms with E-state index in [0.717, 1.165) is 31.7 Å². The number of aliphatic hydroxyl groups is 1. The number of likely N-dealkylation sites (N-methyl/N-ethyl adjacent to an activating group) is 2. The summed E-state index contributed by atoms with van der Waals surface area (Å²) in [4.78, 5) is 4.49. The topological polar surface area (TPSA) is 57.4 Å². The lowest BCUT2D eigenvalue weighted by Gasteiger charge is -2.31. The van der Waals surface area contributed by atoms with Crippen LogP contribution in [-0.2, 0) is 7.05 Å². The van der Waals surface area contributed by atoms with E-state index in [1.54, 1.807) is 10.9 Å². The quantitative estimate of drug-likeness (QED) is 0.753. The van der Waals surface area contributed by atoms with E-state index < -0.39 is 6.10 Å². The smallest absolute Gasteiger partial charge is 0.114 e. The second kappa shape index (κ2) is 5.12. The van der Waals surface area contributed by atoms with Crippen molar-refractivity contribution in [3.05, 3.63) is 11.9 Å². The number of aryl methyl sites for hydroxylation is 1. The lowest BCUT2D eigenvalue weighted by Crippen LogP contribution is -2.42. The summed E-state index contributed by atoms with van der Waals surface area (Å²) in [6, 6.07) is 0.0969. The first kappa shape index (κ1) is 12.5. The molecular formula is C11H21N5O. The van der Waals surface area contributed by atoms with Gasteiger partial charge in [-0.3, -0.25) is 4.90 Å². The van der Waals surface area contributed by atoms with Crippen molar-refractivity contribution in [2.75, 3.05) is 33.7 Å². The van der Waals surface area contributed by atoms with Crippen molar-refractivity contribution < 1.29 is 5.11 Å². The molecule has 0 aromatic carbocycles. The molecule has 6 nitrogen and oxygen atoms in total. The van der Waals surface area contributed by atoms with Crippen LogP contribution in [0.25, 0.3) is 0 Å². The Bertz CT molecular complexity index is 366. The summed E-state index contributed by atoms with van der Waals surface area (Å²) >= 11 is 0. The molecule has 1 aromatic heterocycles. The van der Waals surface area contributed by atoms with Gasteiger partial charge < -0.3 is 10.0 Å². The van der Waals surface area contributed by atoms with Crippen LogP contribution in [0.4, 0.5) is 0 Å². The molecule has 0 amide bonds. The van der Waals surface area contributed by atoms with E-state index in [0.29, 0.717) is 0 Å². The molecule has 1 N–H and O–H groups in total. The minimum absolute atomic E-state index is 0.0969. The zero-order valence-electron chi connectivity index (χ0n) is 10.7. The molecule has 17 heavy (non-hydrogen) atoms. The standard InChI is InChI=1S/C11H21N5O/c1-14-5-4-6-15(2)10(8-14)11(17)9-7-12-13-16(9)3/h7,10-11,17H,4-6,8H2,1-3H3. The molecule has 2 unspecified atom stereocenters. The summed E-state index contributed by atoms with van der Waals surface area (Å²) in [5, 5.41) is 18.2. The van der Waals surface area contributed by atoms with Gasteiger partial charge in [0, 0.05) is 13.6 Å². The van der Waals surface area contributed by atoms with Gasteiger partial charge in [-0.15, -0.1) is 5.10 Å². The Morgan fingerprint density at radius 1 is 1.35 bits per heavy atom. The lowest BCUT2D eigenvalue weighted by molar-refractivity contribution is 0.0517. The van der Waals surface area contributed by atoms with Crippen LogP contribution < -0.4 is 0 Å². The third-order valence-electron chi connectivity index (χ3n) is 3.53. The Morgan fingerprint density at radius 2 is 2.12 bits per heavy atom. The van der Waals surface area contributed by atoms with Gasteiger partial charge in [0.1, 0.15) is 6.10 Å². The molecule has 2 rings (SSSR count). The van der Waals surface area contributed by atoms with Crippen LogP contribution in [0.2, 0.25) is 0 Å². The van der Waals surface area contributed by atoms with Gasteiger partial charge in [0.15, 0.2) is 0 Å². The van der Waals surface area contributed by atoms with Crippen molar-refractivity contribution in [1.29, 1.82) is 0 Å². The first-order valence-electron chi connectivity index (χ1n) is 6.01. The monoisotopic (exact) mass is 239 g/mol. The second-order valence-corrected chi connectivity index (χ2v) is 4.89. The van der Waals surface area contributed by atoms with Gasteiger partial charge in [-0.1, -0.05) is 5.21 Å². The first-order chi connectivity index (χ1) is 8.09. The number of rotatable bonds is 2. The highest BCUT2D eigenvalue weighted by Gasteiger charge is 2.29.